The average molecular weight is 384 g/mol. The van der Waals surface area contributed by atoms with Crippen LogP contribution in [0.2, 0.25) is 0 Å². The van der Waals surface area contributed by atoms with Crippen molar-refractivity contribution in [2.45, 2.75) is 29.9 Å². The minimum atomic E-state index is 0.701. The number of aryl methyl sites for hydroxylation is 2. The molecule has 1 aromatic carbocycles. The van der Waals surface area contributed by atoms with Crippen LogP contribution in [-0.2, 0) is 12.8 Å². The third kappa shape index (κ3) is 5.19. The second kappa shape index (κ2) is 9.00. The van der Waals surface area contributed by atoms with Crippen molar-refractivity contribution in [3.8, 4) is 0 Å². The molecule has 0 saturated carbocycles. The van der Waals surface area contributed by atoms with Gasteiger partial charge in [0, 0.05) is 24.2 Å². The normalized spacial score (nSPS) is 11.3. The third-order valence-electron chi connectivity index (χ3n) is 3.64. The van der Waals surface area contributed by atoms with Gasteiger partial charge in [0.1, 0.15) is 5.82 Å². The van der Waals surface area contributed by atoms with Gasteiger partial charge in [-0.25, -0.2) is 9.97 Å². The SMILES string of the molecule is Cc1cc(C)nc(SCc2nnc(SC/C=C/c3ccccc3)n2C)n1. The molecule has 0 amide bonds. The zero-order valence-corrected chi connectivity index (χ0v) is 16.7. The van der Waals surface area contributed by atoms with E-state index in [4.69, 9.17) is 0 Å². The molecule has 2 heterocycles. The van der Waals surface area contributed by atoms with Gasteiger partial charge in [0.2, 0.25) is 0 Å². The van der Waals surface area contributed by atoms with Gasteiger partial charge in [-0.15, -0.1) is 10.2 Å². The van der Waals surface area contributed by atoms with Gasteiger partial charge in [0.05, 0.1) is 5.75 Å². The fraction of sp³-hybridized carbons (Fsp3) is 0.263. The summed E-state index contributed by atoms with van der Waals surface area (Å²) in [4.78, 5) is 8.91. The molecular weight excluding hydrogens is 362 g/mol. The molecule has 26 heavy (non-hydrogen) atoms. The van der Waals surface area contributed by atoms with E-state index in [-0.39, 0.29) is 0 Å². The van der Waals surface area contributed by atoms with E-state index in [0.717, 1.165) is 33.3 Å². The first-order valence-electron chi connectivity index (χ1n) is 8.29. The highest BCUT2D eigenvalue weighted by Crippen LogP contribution is 2.22. The summed E-state index contributed by atoms with van der Waals surface area (Å²) < 4.78 is 2.04. The highest BCUT2D eigenvalue weighted by Gasteiger charge is 2.10. The van der Waals surface area contributed by atoms with Crippen LogP contribution >= 0.6 is 23.5 Å². The number of hydrogen-bond donors (Lipinski definition) is 0. The Bertz CT molecular complexity index is 870. The molecule has 0 atom stereocenters. The van der Waals surface area contributed by atoms with E-state index in [0.29, 0.717) is 5.75 Å². The fourth-order valence-electron chi connectivity index (χ4n) is 2.35. The van der Waals surface area contributed by atoms with E-state index < -0.39 is 0 Å². The Kier molecular flexibility index (Phi) is 6.46. The molecule has 0 aliphatic rings. The van der Waals surface area contributed by atoms with Gasteiger partial charge in [0.25, 0.3) is 0 Å². The summed E-state index contributed by atoms with van der Waals surface area (Å²) in [6, 6.07) is 12.3. The van der Waals surface area contributed by atoms with Crippen molar-refractivity contribution >= 4 is 29.6 Å². The number of nitrogens with zero attached hydrogens (tertiary/aromatic N) is 5. The lowest BCUT2D eigenvalue weighted by Gasteiger charge is -2.04. The standard InChI is InChI=1S/C19H21N5S2/c1-14-12-15(2)21-18(20-14)26-13-17-22-23-19(24(17)3)25-11-7-10-16-8-5-4-6-9-16/h4-10,12H,11,13H2,1-3H3/b10-7+. The molecule has 0 radical (unpaired) electrons. The van der Waals surface area contributed by atoms with Gasteiger partial charge in [-0.2, -0.15) is 0 Å². The molecule has 0 fully saturated rings. The third-order valence-corrected chi connectivity index (χ3v) is 5.45. The lowest BCUT2D eigenvalue weighted by atomic mass is 10.2. The predicted molar refractivity (Wildman–Crippen MR) is 108 cm³/mol. The van der Waals surface area contributed by atoms with E-state index in [9.17, 15) is 0 Å². The summed E-state index contributed by atoms with van der Waals surface area (Å²) in [5.74, 6) is 2.48. The predicted octanol–water partition coefficient (Wildman–Crippen LogP) is 4.32. The second-order valence-electron chi connectivity index (χ2n) is 5.80. The van der Waals surface area contributed by atoms with Gasteiger partial charge in [-0.1, -0.05) is 66.0 Å². The Morgan fingerprint density at radius 2 is 1.73 bits per heavy atom. The summed E-state index contributed by atoms with van der Waals surface area (Å²) in [6.45, 7) is 3.97. The molecule has 0 bridgehead atoms. The highest BCUT2D eigenvalue weighted by molar-refractivity contribution is 7.99. The smallest absolute Gasteiger partial charge is 0.191 e. The largest absolute Gasteiger partial charge is 0.308 e. The number of thioether (sulfide) groups is 2. The van der Waals surface area contributed by atoms with E-state index in [1.54, 1.807) is 23.5 Å². The minimum absolute atomic E-state index is 0.701. The molecule has 2 aromatic heterocycles. The van der Waals surface area contributed by atoms with Crippen molar-refractivity contribution in [3.05, 3.63) is 65.2 Å². The molecule has 0 saturated heterocycles. The fourth-order valence-corrected chi connectivity index (χ4v) is 4.02. The van der Waals surface area contributed by atoms with Crippen LogP contribution in [0.3, 0.4) is 0 Å². The molecule has 0 aliphatic carbocycles. The summed E-state index contributed by atoms with van der Waals surface area (Å²) in [5.41, 5.74) is 3.18. The summed E-state index contributed by atoms with van der Waals surface area (Å²) in [7, 11) is 2.00. The van der Waals surface area contributed by atoms with Crippen LogP contribution in [0.4, 0.5) is 0 Å². The lowest BCUT2D eigenvalue weighted by Crippen LogP contribution is -1.99. The second-order valence-corrected chi connectivity index (χ2v) is 7.73. The molecule has 0 unspecified atom stereocenters. The molecular formula is C19H21N5S2. The first-order valence-corrected chi connectivity index (χ1v) is 10.3. The van der Waals surface area contributed by atoms with Crippen molar-refractivity contribution in [1.82, 2.24) is 24.7 Å². The van der Waals surface area contributed by atoms with Crippen LogP contribution in [0.5, 0.6) is 0 Å². The number of aromatic nitrogens is 5. The first kappa shape index (κ1) is 18.7. The number of rotatable bonds is 7. The molecule has 0 N–H and O–H groups in total. The zero-order valence-electron chi connectivity index (χ0n) is 15.1. The Labute approximate surface area is 162 Å². The van der Waals surface area contributed by atoms with E-state index >= 15 is 0 Å². The lowest BCUT2D eigenvalue weighted by molar-refractivity contribution is 0.761. The van der Waals surface area contributed by atoms with Crippen LogP contribution in [0.25, 0.3) is 6.08 Å². The van der Waals surface area contributed by atoms with Crippen molar-refractivity contribution in [2.24, 2.45) is 7.05 Å². The number of hydrogen-bond acceptors (Lipinski definition) is 6. The van der Waals surface area contributed by atoms with Crippen LogP contribution in [-0.4, -0.2) is 30.5 Å². The highest BCUT2D eigenvalue weighted by atomic mass is 32.2. The van der Waals surface area contributed by atoms with Gasteiger partial charge in [-0.3, -0.25) is 0 Å². The monoisotopic (exact) mass is 383 g/mol. The van der Waals surface area contributed by atoms with Crippen LogP contribution in [0.1, 0.15) is 22.8 Å². The number of benzene rings is 1. The Morgan fingerprint density at radius 3 is 2.46 bits per heavy atom. The maximum absolute atomic E-state index is 4.46. The van der Waals surface area contributed by atoms with Crippen LogP contribution < -0.4 is 0 Å². The van der Waals surface area contributed by atoms with E-state index in [1.807, 2.05) is 49.7 Å². The Morgan fingerprint density at radius 1 is 1.00 bits per heavy atom. The van der Waals surface area contributed by atoms with Gasteiger partial charge >= 0.3 is 0 Å². The quantitative estimate of drug-likeness (QED) is 0.447. The summed E-state index contributed by atoms with van der Waals surface area (Å²) >= 11 is 3.26. The van der Waals surface area contributed by atoms with Crippen molar-refractivity contribution in [3.63, 3.8) is 0 Å². The van der Waals surface area contributed by atoms with Crippen LogP contribution in [0.15, 0.2) is 52.8 Å². The molecule has 3 aromatic rings. The van der Waals surface area contributed by atoms with Gasteiger partial charge in [-0.05, 0) is 25.5 Å². The Balaban J connectivity index is 1.55. The first-order chi connectivity index (χ1) is 12.6. The van der Waals surface area contributed by atoms with E-state index in [1.165, 1.54) is 5.56 Å². The van der Waals surface area contributed by atoms with Crippen LogP contribution in [0, 0.1) is 13.8 Å². The maximum atomic E-state index is 4.46. The van der Waals surface area contributed by atoms with E-state index in [2.05, 4.69) is 44.5 Å². The molecule has 7 heteroatoms. The average Bonchev–Trinajstić information content (AvgIpc) is 2.97. The summed E-state index contributed by atoms with van der Waals surface area (Å²) in [5, 5.41) is 10.3. The van der Waals surface area contributed by atoms with Gasteiger partial charge < -0.3 is 4.57 Å². The molecule has 134 valence electrons. The zero-order chi connectivity index (χ0) is 18.4. The van der Waals surface area contributed by atoms with Gasteiger partial charge in [0.15, 0.2) is 10.3 Å². The van der Waals surface area contributed by atoms with Crippen molar-refractivity contribution in [1.29, 1.82) is 0 Å². The minimum Gasteiger partial charge on any atom is -0.308 e. The molecule has 5 nitrogen and oxygen atoms in total. The topological polar surface area (TPSA) is 56.5 Å². The van der Waals surface area contributed by atoms with Crippen molar-refractivity contribution < 1.29 is 0 Å². The summed E-state index contributed by atoms with van der Waals surface area (Å²) in [6.07, 6.45) is 4.27. The maximum Gasteiger partial charge on any atom is 0.191 e. The van der Waals surface area contributed by atoms with Crippen molar-refractivity contribution in [2.75, 3.05) is 5.75 Å². The molecule has 0 aliphatic heterocycles. The molecule has 0 spiro atoms. The molecule has 3 rings (SSSR count). The Hall–Kier alpha value is -2.12.